The Morgan fingerprint density at radius 1 is 0.878 bits per heavy atom. The highest BCUT2D eigenvalue weighted by molar-refractivity contribution is 5.96. The van der Waals surface area contributed by atoms with Crippen LogP contribution in [0.5, 0.6) is 0 Å². The molecule has 8 heteroatoms. The second kappa shape index (κ2) is 15.5. The number of rotatable bonds is 14. The lowest BCUT2D eigenvalue weighted by molar-refractivity contribution is -0.133. The molecule has 0 N–H and O–H groups in total. The molecule has 2 aromatic carbocycles. The molecule has 4 rings (SSSR count). The van der Waals surface area contributed by atoms with Gasteiger partial charge in [0.05, 0.1) is 19.8 Å². The molecule has 3 aromatic rings. The van der Waals surface area contributed by atoms with Crippen molar-refractivity contribution in [1.29, 1.82) is 0 Å². The number of carbonyl (C=O) groups excluding carboxylic acids is 2. The quantitative estimate of drug-likeness (QED) is 0.244. The molecule has 7 nitrogen and oxygen atoms in total. The van der Waals surface area contributed by atoms with Crippen molar-refractivity contribution in [2.24, 2.45) is 0 Å². The Balaban J connectivity index is 1.51. The minimum absolute atomic E-state index is 0.0672. The smallest absolute Gasteiger partial charge is 0.254 e. The summed E-state index contributed by atoms with van der Waals surface area (Å²) in [4.78, 5) is 33.1. The zero-order valence-electron chi connectivity index (χ0n) is 24.3. The van der Waals surface area contributed by atoms with E-state index >= 15 is 0 Å². The number of benzene rings is 2. The van der Waals surface area contributed by atoms with Crippen LogP contribution >= 0.6 is 0 Å². The van der Waals surface area contributed by atoms with Crippen LogP contribution in [0.2, 0.25) is 0 Å². The minimum atomic E-state index is -0.329. The van der Waals surface area contributed by atoms with Gasteiger partial charge in [0.25, 0.3) is 5.91 Å². The third kappa shape index (κ3) is 9.54. The molecule has 0 spiro atoms. The van der Waals surface area contributed by atoms with Crippen molar-refractivity contribution in [3.05, 3.63) is 94.7 Å². The van der Waals surface area contributed by atoms with Gasteiger partial charge in [0, 0.05) is 38.3 Å². The molecule has 220 valence electrons. The Morgan fingerprint density at radius 2 is 1.59 bits per heavy atom. The number of halogens is 1. The van der Waals surface area contributed by atoms with E-state index in [0.29, 0.717) is 37.6 Å². The molecule has 1 aliphatic heterocycles. The second-order valence-corrected chi connectivity index (χ2v) is 10.7. The molecule has 0 atom stereocenters. The molecule has 0 radical (unpaired) electrons. The molecule has 41 heavy (non-hydrogen) atoms. The summed E-state index contributed by atoms with van der Waals surface area (Å²) in [5, 5.41) is 0. The highest BCUT2D eigenvalue weighted by Crippen LogP contribution is 2.16. The zero-order valence-corrected chi connectivity index (χ0v) is 24.3. The van der Waals surface area contributed by atoms with Crippen molar-refractivity contribution in [3.63, 3.8) is 0 Å². The van der Waals surface area contributed by atoms with Gasteiger partial charge in [0.15, 0.2) is 0 Å². The lowest BCUT2D eigenvalue weighted by Crippen LogP contribution is -2.47. The number of ether oxygens (including phenoxy) is 1. The van der Waals surface area contributed by atoms with Gasteiger partial charge in [-0.05, 0) is 67.3 Å². The van der Waals surface area contributed by atoms with E-state index in [1.54, 1.807) is 21.9 Å². The van der Waals surface area contributed by atoms with Gasteiger partial charge in [-0.15, -0.1) is 0 Å². The van der Waals surface area contributed by atoms with Crippen molar-refractivity contribution in [1.82, 2.24) is 14.7 Å². The first kappa shape index (κ1) is 30.5. The molecule has 2 amide bonds. The summed E-state index contributed by atoms with van der Waals surface area (Å²) in [6.45, 7) is 8.53. The number of hydrogen-bond acceptors (Lipinski definition) is 5. The van der Waals surface area contributed by atoms with E-state index in [-0.39, 0.29) is 37.3 Å². The van der Waals surface area contributed by atoms with E-state index in [4.69, 9.17) is 9.15 Å². The molecule has 1 fully saturated rings. The Bertz CT molecular complexity index is 1240. The number of morpholine rings is 1. The molecule has 1 aliphatic rings. The Morgan fingerprint density at radius 3 is 2.24 bits per heavy atom. The fourth-order valence-corrected chi connectivity index (χ4v) is 4.98. The number of nitrogens with zero attached hydrogens (tertiary/aromatic N) is 3. The van der Waals surface area contributed by atoms with Gasteiger partial charge in [0.1, 0.15) is 23.9 Å². The van der Waals surface area contributed by atoms with Crippen molar-refractivity contribution < 1.29 is 23.1 Å². The first-order chi connectivity index (χ1) is 19.9. The second-order valence-electron chi connectivity index (χ2n) is 10.7. The van der Waals surface area contributed by atoms with Crippen LogP contribution in [-0.4, -0.2) is 72.5 Å². The molecule has 0 bridgehead atoms. The first-order valence-electron chi connectivity index (χ1n) is 14.7. The van der Waals surface area contributed by atoms with Gasteiger partial charge in [-0.3, -0.25) is 14.5 Å². The summed E-state index contributed by atoms with van der Waals surface area (Å²) >= 11 is 0. The molecule has 1 aromatic heterocycles. The van der Waals surface area contributed by atoms with Crippen LogP contribution in [0, 0.1) is 12.7 Å². The Hall–Kier alpha value is -3.49. The number of furan rings is 1. The third-order valence-corrected chi connectivity index (χ3v) is 7.46. The number of amides is 2. The van der Waals surface area contributed by atoms with Gasteiger partial charge < -0.3 is 19.0 Å². The lowest BCUT2D eigenvalue weighted by atomic mass is 10.0. The largest absolute Gasteiger partial charge is 0.464 e. The molecule has 2 heterocycles. The monoisotopic (exact) mass is 563 g/mol. The standard InChI is InChI=1S/C33H42FN3O4/c1-3-4-5-6-27-8-12-29(13-9-27)33(39)36(18-17-35-19-21-40-22-20-35)25-32(38)37(24-31-16-7-26(2)41-31)23-28-10-14-30(34)15-11-28/h7-16H,3-6,17-25H2,1-2H3. The fraction of sp³-hybridized carbons (Fsp3) is 0.455. The predicted molar refractivity (Wildman–Crippen MR) is 157 cm³/mol. The van der Waals surface area contributed by atoms with Gasteiger partial charge in [-0.2, -0.15) is 0 Å². The molecule has 0 saturated carbocycles. The number of aryl methyl sites for hydroxylation is 2. The van der Waals surface area contributed by atoms with Crippen LogP contribution in [0.3, 0.4) is 0 Å². The van der Waals surface area contributed by atoms with Gasteiger partial charge in [-0.1, -0.05) is 44.0 Å². The van der Waals surface area contributed by atoms with Crippen LogP contribution in [0.25, 0.3) is 0 Å². The predicted octanol–water partition coefficient (Wildman–Crippen LogP) is 5.46. The summed E-state index contributed by atoms with van der Waals surface area (Å²) in [6.07, 6.45) is 4.47. The molecule has 1 saturated heterocycles. The first-order valence-corrected chi connectivity index (χ1v) is 14.7. The normalized spacial score (nSPS) is 13.7. The molecular weight excluding hydrogens is 521 g/mol. The van der Waals surface area contributed by atoms with Gasteiger partial charge in [0.2, 0.25) is 5.91 Å². The van der Waals surface area contributed by atoms with E-state index in [2.05, 4.69) is 11.8 Å². The molecule has 0 aliphatic carbocycles. The average molecular weight is 564 g/mol. The summed E-state index contributed by atoms with van der Waals surface area (Å²) in [7, 11) is 0. The maximum Gasteiger partial charge on any atom is 0.254 e. The maximum atomic E-state index is 13.8. The van der Waals surface area contributed by atoms with Gasteiger partial charge in [-0.25, -0.2) is 4.39 Å². The van der Waals surface area contributed by atoms with Crippen LogP contribution in [0.1, 0.15) is 59.2 Å². The SMILES string of the molecule is CCCCCc1ccc(C(=O)N(CCN2CCOCC2)CC(=O)N(Cc2ccc(F)cc2)Cc2ccc(C)o2)cc1. The van der Waals surface area contributed by atoms with E-state index in [9.17, 15) is 14.0 Å². The van der Waals surface area contributed by atoms with E-state index < -0.39 is 0 Å². The van der Waals surface area contributed by atoms with Crippen molar-refractivity contribution in [2.45, 2.75) is 52.6 Å². The van der Waals surface area contributed by atoms with Crippen LogP contribution < -0.4 is 0 Å². The van der Waals surface area contributed by atoms with Gasteiger partial charge >= 0.3 is 0 Å². The lowest BCUT2D eigenvalue weighted by Gasteiger charge is -2.31. The topological polar surface area (TPSA) is 66.2 Å². The third-order valence-electron chi connectivity index (χ3n) is 7.46. The maximum absolute atomic E-state index is 13.8. The van der Waals surface area contributed by atoms with Crippen molar-refractivity contribution >= 4 is 11.8 Å². The van der Waals surface area contributed by atoms with Crippen LogP contribution in [0.4, 0.5) is 4.39 Å². The fourth-order valence-electron chi connectivity index (χ4n) is 4.98. The average Bonchev–Trinajstić information content (AvgIpc) is 3.41. The highest BCUT2D eigenvalue weighted by atomic mass is 19.1. The summed E-state index contributed by atoms with van der Waals surface area (Å²) in [5.74, 6) is 0.721. The number of carbonyl (C=O) groups is 2. The van der Waals surface area contributed by atoms with E-state index in [1.165, 1.54) is 30.5 Å². The van der Waals surface area contributed by atoms with Crippen LogP contribution in [-0.2, 0) is 29.0 Å². The Kier molecular flexibility index (Phi) is 11.5. The Labute approximate surface area is 242 Å². The molecular formula is C33H42FN3O4. The van der Waals surface area contributed by atoms with Crippen molar-refractivity contribution in [3.8, 4) is 0 Å². The summed E-state index contributed by atoms with van der Waals surface area (Å²) < 4.78 is 24.8. The van der Waals surface area contributed by atoms with Crippen molar-refractivity contribution in [2.75, 3.05) is 45.9 Å². The van der Waals surface area contributed by atoms with E-state index in [1.807, 2.05) is 43.3 Å². The summed E-state index contributed by atoms with van der Waals surface area (Å²) in [5.41, 5.74) is 2.59. The van der Waals surface area contributed by atoms with Crippen LogP contribution in [0.15, 0.2) is 65.1 Å². The van der Waals surface area contributed by atoms with E-state index in [0.717, 1.165) is 37.3 Å². The highest BCUT2D eigenvalue weighted by Gasteiger charge is 2.24. The summed E-state index contributed by atoms with van der Waals surface area (Å²) in [6, 6.07) is 17.6. The number of hydrogen-bond donors (Lipinski definition) is 0. The molecule has 0 unspecified atom stereocenters. The zero-order chi connectivity index (χ0) is 29.0. The number of unbranched alkanes of at least 4 members (excludes halogenated alkanes) is 2. The minimum Gasteiger partial charge on any atom is -0.464 e.